The fourth-order valence-corrected chi connectivity index (χ4v) is 2.53. The Morgan fingerprint density at radius 3 is 2.64 bits per heavy atom. The molecule has 1 saturated carbocycles. The number of hydrogen-bond acceptors (Lipinski definition) is 3. The van der Waals surface area contributed by atoms with Crippen LogP contribution in [0, 0.1) is 11.3 Å². The zero-order chi connectivity index (χ0) is 15.8. The van der Waals surface area contributed by atoms with E-state index in [9.17, 15) is 10.1 Å². The Balaban J connectivity index is 2.01. The summed E-state index contributed by atoms with van der Waals surface area (Å²) >= 11 is 0. The summed E-state index contributed by atoms with van der Waals surface area (Å²) < 4.78 is 5.51. The number of nitrogens with one attached hydrogen (secondary N) is 1. The number of benzene rings is 1. The lowest BCUT2D eigenvalue weighted by molar-refractivity contribution is -0.117. The number of nitrogens with zero attached hydrogens (tertiary/aromatic N) is 1. The maximum atomic E-state index is 12.1. The largest absolute Gasteiger partial charge is 0.494 e. The van der Waals surface area contributed by atoms with Gasteiger partial charge in [-0.15, -0.1) is 0 Å². The van der Waals surface area contributed by atoms with Gasteiger partial charge in [0.15, 0.2) is 0 Å². The first-order chi connectivity index (χ1) is 10.7. The van der Waals surface area contributed by atoms with Crippen LogP contribution in [0.25, 0.3) is 6.08 Å². The molecule has 116 valence electrons. The van der Waals surface area contributed by atoms with Crippen LogP contribution in [0.3, 0.4) is 0 Å². The van der Waals surface area contributed by atoms with Crippen molar-refractivity contribution in [3.8, 4) is 11.8 Å². The molecule has 22 heavy (non-hydrogen) atoms. The number of hydrogen-bond donors (Lipinski definition) is 1. The number of carbonyl (C=O) groups is 1. The van der Waals surface area contributed by atoms with Crippen LogP contribution in [-0.4, -0.2) is 18.6 Å². The third-order valence-electron chi connectivity index (χ3n) is 3.72. The van der Waals surface area contributed by atoms with Gasteiger partial charge >= 0.3 is 0 Å². The van der Waals surface area contributed by atoms with Gasteiger partial charge in [0.05, 0.1) is 6.61 Å². The van der Waals surface area contributed by atoms with E-state index in [1.165, 1.54) is 0 Å². The lowest BCUT2D eigenvalue weighted by atomic mass is 10.1. The standard InChI is InChI=1S/C18H22N2O2/c1-2-11-22-17-9-7-14(8-10-17)12-15(13-19)18(21)20-16-5-3-4-6-16/h7-10,12,16H,2-6,11H2,1H3,(H,20,21)/b15-12+. The fraction of sp³-hybridized carbons (Fsp3) is 0.444. The Bertz CT molecular complexity index is 564. The SMILES string of the molecule is CCCOc1ccc(/C=C(\C#N)C(=O)NC2CCCC2)cc1. The van der Waals surface area contributed by atoms with Gasteiger partial charge in [-0.1, -0.05) is 31.9 Å². The molecule has 0 atom stereocenters. The second kappa shape index (κ2) is 8.23. The number of ether oxygens (including phenoxy) is 1. The van der Waals surface area contributed by atoms with Gasteiger partial charge in [0.2, 0.25) is 0 Å². The van der Waals surface area contributed by atoms with Crippen LogP contribution in [0.15, 0.2) is 29.8 Å². The van der Waals surface area contributed by atoms with Crippen molar-refractivity contribution < 1.29 is 9.53 Å². The van der Waals surface area contributed by atoms with Crippen molar-refractivity contribution in [2.24, 2.45) is 0 Å². The molecule has 4 heteroatoms. The molecule has 2 rings (SSSR count). The van der Waals surface area contributed by atoms with Gasteiger partial charge in [-0.2, -0.15) is 5.26 Å². The van der Waals surface area contributed by atoms with E-state index in [0.29, 0.717) is 6.61 Å². The Hall–Kier alpha value is -2.28. The topological polar surface area (TPSA) is 62.1 Å². The molecule has 0 unspecified atom stereocenters. The minimum Gasteiger partial charge on any atom is -0.494 e. The van der Waals surface area contributed by atoms with E-state index in [1.54, 1.807) is 6.08 Å². The van der Waals surface area contributed by atoms with E-state index in [-0.39, 0.29) is 17.5 Å². The van der Waals surface area contributed by atoms with Gasteiger partial charge in [0, 0.05) is 6.04 Å². The fourth-order valence-electron chi connectivity index (χ4n) is 2.53. The molecule has 0 saturated heterocycles. The normalized spacial score (nSPS) is 15.4. The number of nitriles is 1. The maximum absolute atomic E-state index is 12.1. The molecule has 0 radical (unpaired) electrons. The third-order valence-corrected chi connectivity index (χ3v) is 3.72. The summed E-state index contributed by atoms with van der Waals surface area (Å²) in [5.41, 5.74) is 0.969. The highest BCUT2D eigenvalue weighted by atomic mass is 16.5. The van der Waals surface area contributed by atoms with Gasteiger partial charge in [-0.25, -0.2) is 0 Å². The molecule has 1 aliphatic rings. The molecule has 1 fully saturated rings. The molecule has 1 amide bonds. The molecule has 4 nitrogen and oxygen atoms in total. The highest BCUT2D eigenvalue weighted by molar-refractivity contribution is 6.01. The van der Waals surface area contributed by atoms with Crippen molar-refractivity contribution in [1.82, 2.24) is 5.32 Å². The van der Waals surface area contributed by atoms with Crippen molar-refractivity contribution >= 4 is 12.0 Å². The van der Waals surface area contributed by atoms with Gasteiger partial charge in [0.25, 0.3) is 5.91 Å². The van der Waals surface area contributed by atoms with Crippen LogP contribution in [0.1, 0.15) is 44.6 Å². The van der Waals surface area contributed by atoms with E-state index in [2.05, 4.69) is 12.2 Å². The summed E-state index contributed by atoms with van der Waals surface area (Å²) in [6.45, 7) is 2.74. The molecule has 1 aromatic rings. The summed E-state index contributed by atoms with van der Waals surface area (Å²) in [7, 11) is 0. The van der Waals surface area contributed by atoms with Crippen molar-refractivity contribution in [2.45, 2.75) is 45.1 Å². The van der Waals surface area contributed by atoms with Crippen molar-refractivity contribution in [2.75, 3.05) is 6.61 Å². The molecule has 0 aliphatic heterocycles. The van der Waals surface area contributed by atoms with E-state index in [0.717, 1.165) is 43.4 Å². The lowest BCUT2D eigenvalue weighted by Crippen LogP contribution is -2.33. The molecule has 1 N–H and O–H groups in total. The average Bonchev–Trinajstić information content (AvgIpc) is 3.04. The van der Waals surface area contributed by atoms with Crippen LogP contribution >= 0.6 is 0 Å². The minimum absolute atomic E-state index is 0.147. The van der Waals surface area contributed by atoms with Crippen molar-refractivity contribution in [3.63, 3.8) is 0 Å². The maximum Gasteiger partial charge on any atom is 0.262 e. The smallest absolute Gasteiger partial charge is 0.262 e. The first kappa shape index (κ1) is 16.1. The van der Waals surface area contributed by atoms with E-state index in [4.69, 9.17) is 4.74 Å². The van der Waals surface area contributed by atoms with E-state index in [1.807, 2.05) is 30.3 Å². The minimum atomic E-state index is -0.277. The van der Waals surface area contributed by atoms with Crippen LogP contribution in [0.4, 0.5) is 0 Å². The highest BCUT2D eigenvalue weighted by Crippen LogP contribution is 2.19. The molecule has 0 bridgehead atoms. The second-order valence-electron chi connectivity index (χ2n) is 5.54. The molecule has 0 aromatic heterocycles. The van der Waals surface area contributed by atoms with Gasteiger partial charge in [-0.3, -0.25) is 4.79 Å². The quantitative estimate of drug-likeness (QED) is 0.646. The zero-order valence-electron chi connectivity index (χ0n) is 13.0. The number of carbonyl (C=O) groups excluding carboxylic acids is 1. The summed E-state index contributed by atoms with van der Waals surface area (Å²) in [5, 5.41) is 12.1. The van der Waals surface area contributed by atoms with Crippen LogP contribution in [0.5, 0.6) is 5.75 Å². The zero-order valence-corrected chi connectivity index (χ0v) is 13.0. The summed E-state index contributed by atoms with van der Waals surface area (Å²) in [4.78, 5) is 12.1. The molecular weight excluding hydrogens is 276 g/mol. The summed E-state index contributed by atoms with van der Waals surface area (Å²) in [6.07, 6.45) is 6.89. The predicted octanol–water partition coefficient (Wildman–Crippen LogP) is 3.44. The van der Waals surface area contributed by atoms with Gasteiger partial charge in [0.1, 0.15) is 17.4 Å². The average molecular weight is 298 g/mol. The Labute approximate surface area is 131 Å². The molecule has 1 aliphatic carbocycles. The molecule has 0 heterocycles. The molecular formula is C18H22N2O2. The van der Waals surface area contributed by atoms with Gasteiger partial charge < -0.3 is 10.1 Å². The lowest BCUT2D eigenvalue weighted by Gasteiger charge is -2.11. The number of amides is 1. The number of rotatable bonds is 6. The van der Waals surface area contributed by atoms with Crippen molar-refractivity contribution in [1.29, 1.82) is 5.26 Å². The van der Waals surface area contributed by atoms with E-state index >= 15 is 0 Å². The second-order valence-corrected chi connectivity index (χ2v) is 5.54. The monoisotopic (exact) mass is 298 g/mol. The summed E-state index contributed by atoms with van der Waals surface area (Å²) in [6, 6.07) is 9.62. The first-order valence-electron chi connectivity index (χ1n) is 7.88. The Kier molecular flexibility index (Phi) is 6.02. The summed E-state index contributed by atoms with van der Waals surface area (Å²) in [5.74, 6) is 0.522. The third kappa shape index (κ3) is 4.63. The molecule has 1 aromatic carbocycles. The van der Waals surface area contributed by atoms with E-state index < -0.39 is 0 Å². The van der Waals surface area contributed by atoms with Crippen LogP contribution in [0.2, 0.25) is 0 Å². The van der Waals surface area contributed by atoms with Crippen LogP contribution < -0.4 is 10.1 Å². The van der Waals surface area contributed by atoms with Crippen molar-refractivity contribution in [3.05, 3.63) is 35.4 Å². The first-order valence-corrected chi connectivity index (χ1v) is 7.88. The Morgan fingerprint density at radius 2 is 2.05 bits per heavy atom. The molecule has 0 spiro atoms. The Morgan fingerprint density at radius 1 is 1.36 bits per heavy atom. The van der Waals surface area contributed by atoms with Gasteiger partial charge in [-0.05, 0) is 43.0 Å². The highest BCUT2D eigenvalue weighted by Gasteiger charge is 2.19. The predicted molar refractivity (Wildman–Crippen MR) is 86.2 cm³/mol. The van der Waals surface area contributed by atoms with Crippen LogP contribution in [-0.2, 0) is 4.79 Å².